The number of aryl methyl sites for hydroxylation is 2. The first-order valence-electron chi connectivity index (χ1n) is 12.0. The minimum Gasteiger partial charge on any atom is -0.368 e. The van der Waals surface area contributed by atoms with E-state index in [9.17, 15) is 4.79 Å². The lowest BCUT2D eigenvalue weighted by Gasteiger charge is -2.44. The van der Waals surface area contributed by atoms with E-state index < -0.39 is 0 Å². The molecule has 1 amide bonds. The first-order valence-corrected chi connectivity index (χ1v) is 12.0. The Kier molecular flexibility index (Phi) is 6.48. The molecular formula is C27H37N5O. The number of hydrogen-bond acceptors (Lipinski definition) is 4. The maximum atomic E-state index is 13.3. The molecule has 2 aromatic heterocycles. The summed E-state index contributed by atoms with van der Waals surface area (Å²) in [5, 5.41) is 0. The fourth-order valence-electron chi connectivity index (χ4n) is 5.05. The molecule has 0 spiro atoms. The van der Waals surface area contributed by atoms with Gasteiger partial charge >= 0.3 is 0 Å². The van der Waals surface area contributed by atoms with Crippen LogP contribution in [0.4, 0.5) is 0 Å². The van der Waals surface area contributed by atoms with E-state index in [4.69, 9.17) is 0 Å². The van der Waals surface area contributed by atoms with Crippen LogP contribution in [-0.4, -0.2) is 67.8 Å². The summed E-state index contributed by atoms with van der Waals surface area (Å²) < 4.78 is 2.09. The van der Waals surface area contributed by atoms with Crippen LogP contribution in [0.1, 0.15) is 51.6 Å². The van der Waals surface area contributed by atoms with Gasteiger partial charge < -0.3 is 14.2 Å². The van der Waals surface area contributed by atoms with Crippen LogP contribution in [0, 0.1) is 13.8 Å². The summed E-state index contributed by atoms with van der Waals surface area (Å²) in [6, 6.07) is 3.18. The number of carbonyl (C=O) groups is 1. The van der Waals surface area contributed by atoms with Crippen LogP contribution < -0.4 is 0 Å². The lowest BCUT2D eigenvalue weighted by Crippen LogP contribution is -2.54. The van der Waals surface area contributed by atoms with Gasteiger partial charge in [0.2, 0.25) is 0 Å². The van der Waals surface area contributed by atoms with E-state index in [1.165, 1.54) is 0 Å². The highest BCUT2D eigenvalue weighted by atomic mass is 16.2. The van der Waals surface area contributed by atoms with Gasteiger partial charge in [-0.2, -0.15) is 0 Å². The van der Waals surface area contributed by atoms with Crippen molar-refractivity contribution in [2.24, 2.45) is 0 Å². The largest absolute Gasteiger partial charge is 0.368 e. The van der Waals surface area contributed by atoms with Crippen LogP contribution in [0.25, 0.3) is 11.1 Å². The van der Waals surface area contributed by atoms with Gasteiger partial charge in [-0.25, -0.2) is 0 Å². The number of allylic oxidation sites excluding steroid dienone is 2. The van der Waals surface area contributed by atoms with Crippen LogP contribution in [0.3, 0.4) is 0 Å². The average molecular weight is 448 g/mol. The molecule has 6 nitrogen and oxygen atoms in total. The van der Waals surface area contributed by atoms with Crippen molar-refractivity contribution in [3.05, 3.63) is 65.5 Å². The van der Waals surface area contributed by atoms with E-state index in [0.29, 0.717) is 12.1 Å². The standard InChI is InChI=1S/C27H37N5O/c1-18(2)31-11-10-29(15-22(31)6)25-9-8-21(5)32(17-25)27(33)12-19(3)24-13-26-23(7)28-20(4)14-30(26)16-24/h8-9,12-14,16-18,21-22H,10-11,15H2,1-7H3/b19-12+/t21?,22-/m1/s1. The average Bonchev–Trinajstić information content (AvgIpc) is 3.18. The van der Waals surface area contributed by atoms with E-state index in [2.05, 4.69) is 71.3 Å². The summed E-state index contributed by atoms with van der Waals surface area (Å²) in [6.07, 6.45) is 12.2. The third kappa shape index (κ3) is 4.76. The van der Waals surface area contributed by atoms with Crippen molar-refractivity contribution in [3.63, 3.8) is 0 Å². The van der Waals surface area contributed by atoms with E-state index in [1.807, 2.05) is 38.1 Å². The van der Waals surface area contributed by atoms with Crippen LogP contribution in [0.2, 0.25) is 0 Å². The van der Waals surface area contributed by atoms with Crippen LogP contribution >= 0.6 is 0 Å². The van der Waals surface area contributed by atoms with Gasteiger partial charge in [-0.1, -0.05) is 6.08 Å². The highest BCUT2D eigenvalue weighted by Gasteiger charge is 2.28. The second-order valence-corrected chi connectivity index (χ2v) is 9.84. The van der Waals surface area contributed by atoms with Crippen LogP contribution in [0.15, 0.2) is 48.6 Å². The van der Waals surface area contributed by atoms with Gasteiger partial charge in [0.05, 0.1) is 28.6 Å². The quantitative estimate of drug-likeness (QED) is 0.652. The van der Waals surface area contributed by atoms with Crippen molar-refractivity contribution in [1.29, 1.82) is 0 Å². The van der Waals surface area contributed by atoms with Crippen molar-refractivity contribution in [1.82, 2.24) is 24.1 Å². The predicted molar refractivity (Wildman–Crippen MR) is 135 cm³/mol. The lowest BCUT2D eigenvalue weighted by atomic mass is 10.1. The van der Waals surface area contributed by atoms with E-state index in [0.717, 1.165) is 53.4 Å². The first kappa shape index (κ1) is 23.3. The number of rotatable bonds is 4. The van der Waals surface area contributed by atoms with E-state index in [-0.39, 0.29) is 11.9 Å². The molecular weight excluding hydrogens is 410 g/mol. The third-order valence-electron chi connectivity index (χ3n) is 6.90. The van der Waals surface area contributed by atoms with Crippen molar-refractivity contribution in [2.75, 3.05) is 19.6 Å². The van der Waals surface area contributed by atoms with Crippen molar-refractivity contribution in [3.8, 4) is 0 Å². The SMILES string of the molecule is C/C(=C\C(=O)N1C=C(N2CCN(C(C)C)[C@H](C)C2)C=CC1C)c1cc2c(C)nc(C)cn2c1. The topological polar surface area (TPSA) is 44.1 Å². The number of hydrogen-bond donors (Lipinski definition) is 0. The molecule has 33 heavy (non-hydrogen) atoms. The number of piperazine rings is 1. The molecule has 0 aliphatic carbocycles. The zero-order valence-electron chi connectivity index (χ0n) is 21.0. The van der Waals surface area contributed by atoms with Gasteiger partial charge in [0.1, 0.15) is 0 Å². The van der Waals surface area contributed by atoms with Gasteiger partial charge in [-0.05, 0) is 71.7 Å². The maximum absolute atomic E-state index is 13.3. The summed E-state index contributed by atoms with van der Waals surface area (Å²) in [5.74, 6) is 0.0111. The number of carbonyl (C=O) groups excluding carboxylic acids is 1. The minimum absolute atomic E-state index is 0.0111. The second-order valence-electron chi connectivity index (χ2n) is 9.84. The van der Waals surface area contributed by atoms with Crippen LogP contribution in [0.5, 0.6) is 0 Å². The van der Waals surface area contributed by atoms with Crippen LogP contribution in [-0.2, 0) is 4.79 Å². The van der Waals surface area contributed by atoms with E-state index >= 15 is 0 Å². The number of nitrogens with zero attached hydrogens (tertiary/aromatic N) is 5. The molecule has 2 atom stereocenters. The fourth-order valence-corrected chi connectivity index (χ4v) is 5.05. The van der Waals surface area contributed by atoms with Gasteiger partial charge in [0.15, 0.2) is 0 Å². The maximum Gasteiger partial charge on any atom is 0.251 e. The third-order valence-corrected chi connectivity index (χ3v) is 6.90. The molecule has 0 aromatic carbocycles. The molecule has 6 heteroatoms. The monoisotopic (exact) mass is 447 g/mol. The zero-order chi connectivity index (χ0) is 23.9. The molecule has 2 aromatic rings. The molecule has 0 N–H and O–H groups in total. The lowest BCUT2D eigenvalue weighted by molar-refractivity contribution is -0.124. The first-order chi connectivity index (χ1) is 15.6. The summed E-state index contributed by atoms with van der Waals surface area (Å²) in [5.41, 5.74) is 6.17. The predicted octanol–water partition coefficient (Wildman–Crippen LogP) is 4.40. The fraction of sp³-hybridized carbons (Fsp3) is 0.481. The Labute approximate surface area is 197 Å². The molecule has 2 aliphatic heterocycles. The molecule has 4 heterocycles. The Hall–Kier alpha value is -2.86. The van der Waals surface area contributed by atoms with Gasteiger partial charge in [0.25, 0.3) is 5.91 Å². The molecule has 4 rings (SSSR count). The van der Waals surface area contributed by atoms with E-state index in [1.54, 1.807) is 6.08 Å². The Morgan fingerprint density at radius 1 is 1.18 bits per heavy atom. The Morgan fingerprint density at radius 2 is 1.94 bits per heavy atom. The van der Waals surface area contributed by atoms with Gasteiger partial charge in [-0.15, -0.1) is 0 Å². The van der Waals surface area contributed by atoms with Gasteiger partial charge in [0, 0.05) is 56.4 Å². The molecule has 0 radical (unpaired) electrons. The summed E-state index contributed by atoms with van der Waals surface area (Å²) in [7, 11) is 0. The summed E-state index contributed by atoms with van der Waals surface area (Å²) in [4.78, 5) is 24.6. The Bertz CT molecular complexity index is 1140. The molecule has 176 valence electrons. The Morgan fingerprint density at radius 3 is 2.64 bits per heavy atom. The summed E-state index contributed by atoms with van der Waals surface area (Å²) >= 11 is 0. The van der Waals surface area contributed by atoms with Crippen molar-refractivity contribution < 1.29 is 4.79 Å². The molecule has 0 saturated carbocycles. The molecule has 1 fully saturated rings. The number of amides is 1. The van der Waals surface area contributed by atoms with Crippen molar-refractivity contribution in [2.45, 2.75) is 66.6 Å². The highest BCUT2D eigenvalue weighted by molar-refractivity contribution is 5.96. The zero-order valence-corrected chi connectivity index (χ0v) is 21.0. The normalized spacial score (nSPS) is 22.4. The molecule has 0 bridgehead atoms. The van der Waals surface area contributed by atoms with Gasteiger partial charge in [-0.3, -0.25) is 14.7 Å². The Balaban J connectivity index is 1.53. The molecule has 2 aliphatic rings. The smallest absolute Gasteiger partial charge is 0.251 e. The second kappa shape index (κ2) is 9.18. The number of aromatic nitrogens is 2. The van der Waals surface area contributed by atoms with Crippen molar-refractivity contribution >= 4 is 17.0 Å². The summed E-state index contributed by atoms with van der Waals surface area (Å²) in [6.45, 7) is 17.9. The molecule has 1 unspecified atom stereocenters. The minimum atomic E-state index is 0.0111. The highest BCUT2D eigenvalue weighted by Crippen LogP contribution is 2.24. The number of fused-ring (bicyclic) bond motifs is 1. The molecule has 1 saturated heterocycles.